The number of rotatable bonds is 7. The van der Waals surface area contributed by atoms with E-state index in [1.54, 1.807) is 0 Å². The van der Waals surface area contributed by atoms with E-state index in [9.17, 15) is 4.79 Å². The van der Waals surface area contributed by atoms with Crippen LogP contribution in [-0.4, -0.2) is 31.4 Å². The zero-order valence-corrected chi connectivity index (χ0v) is 8.68. The molecule has 0 saturated heterocycles. The molecule has 3 nitrogen and oxygen atoms in total. The third-order valence-corrected chi connectivity index (χ3v) is 1.93. The molecule has 0 unspecified atom stereocenters. The van der Waals surface area contributed by atoms with Gasteiger partial charge in [0.1, 0.15) is 0 Å². The Balaban J connectivity index is 3.26. The first kappa shape index (κ1) is 12.2. The van der Waals surface area contributed by atoms with E-state index in [-0.39, 0.29) is 5.91 Å². The van der Waals surface area contributed by atoms with Gasteiger partial charge in [0.15, 0.2) is 0 Å². The van der Waals surface area contributed by atoms with Crippen LogP contribution in [0.25, 0.3) is 0 Å². The van der Waals surface area contributed by atoms with Gasteiger partial charge < -0.3 is 10.6 Å². The monoisotopic (exact) mass is 184 g/mol. The quantitative estimate of drug-likeness (QED) is 0.476. The minimum absolute atomic E-state index is 0.368. The largest absolute Gasteiger partial charge is 0.366 e. The Kier molecular flexibility index (Phi) is 6.24. The lowest BCUT2D eigenvalue weighted by Crippen LogP contribution is -2.14. The average Bonchev–Trinajstić information content (AvgIpc) is 2.02. The van der Waals surface area contributed by atoms with Crippen LogP contribution >= 0.6 is 0 Å². The summed E-state index contributed by atoms with van der Waals surface area (Å²) in [4.78, 5) is 12.7. The van der Waals surface area contributed by atoms with Crippen LogP contribution < -0.4 is 5.73 Å². The van der Waals surface area contributed by atoms with Crippen LogP contribution in [0.15, 0.2) is 12.2 Å². The minimum Gasteiger partial charge on any atom is -0.366 e. The van der Waals surface area contributed by atoms with Gasteiger partial charge in [-0.1, -0.05) is 13.0 Å². The van der Waals surface area contributed by atoms with E-state index in [0.717, 1.165) is 25.8 Å². The summed E-state index contributed by atoms with van der Waals surface area (Å²) >= 11 is 0. The molecule has 0 aliphatic rings. The summed E-state index contributed by atoms with van der Waals surface area (Å²) in [5.41, 5.74) is 5.60. The molecule has 2 N–H and O–H groups in total. The lowest BCUT2D eigenvalue weighted by atomic mass is 10.1. The second kappa shape index (κ2) is 6.66. The molecule has 13 heavy (non-hydrogen) atoms. The van der Waals surface area contributed by atoms with Crippen molar-refractivity contribution in [1.82, 2.24) is 4.90 Å². The molecule has 0 heterocycles. The molecule has 3 heteroatoms. The summed E-state index contributed by atoms with van der Waals surface area (Å²) < 4.78 is 0. The van der Waals surface area contributed by atoms with Crippen molar-refractivity contribution in [2.24, 2.45) is 5.73 Å². The van der Waals surface area contributed by atoms with Gasteiger partial charge in [0.05, 0.1) is 0 Å². The number of nitrogens with zero attached hydrogens (tertiary/aromatic N) is 1. The predicted molar refractivity (Wildman–Crippen MR) is 55.4 cm³/mol. The Morgan fingerprint density at radius 1 is 1.31 bits per heavy atom. The Hall–Kier alpha value is -0.830. The first-order chi connectivity index (χ1) is 6.04. The molecule has 0 radical (unpaired) electrons. The highest BCUT2D eigenvalue weighted by Crippen LogP contribution is 2.06. The van der Waals surface area contributed by atoms with Gasteiger partial charge in [-0.25, -0.2) is 0 Å². The standard InChI is InChI=1S/C10H20N2O/c1-9(10(11)13)7-5-4-6-8-12(2)3/h1,4-8H2,2-3H3,(H2,11,13). The van der Waals surface area contributed by atoms with Crippen LogP contribution in [0.5, 0.6) is 0 Å². The molecule has 0 fully saturated rings. The number of carbonyl (C=O) groups excluding carboxylic acids is 1. The first-order valence-corrected chi connectivity index (χ1v) is 4.66. The van der Waals surface area contributed by atoms with Crippen molar-refractivity contribution >= 4 is 5.91 Å². The summed E-state index contributed by atoms with van der Waals surface area (Å²) in [7, 11) is 4.12. The molecular weight excluding hydrogens is 164 g/mol. The highest BCUT2D eigenvalue weighted by atomic mass is 16.1. The maximum Gasteiger partial charge on any atom is 0.244 e. The highest BCUT2D eigenvalue weighted by Gasteiger charge is 2.00. The molecule has 1 amide bonds. The van der Waals surface area contributed by atoms with E-state index in [2.05, 4.69) is 25.6 Å². The molecule has 0 atom stereocenters. The summed E-state index contributed by atoms with van der Waals surface area (Å²) in [5.74, 6) is -0.368. The summed E-state index contributed by atoms with van der Waals surface area (Å²) in [6.07, 6.45) is 4.04. The van der Waals surface area contributed by atoms with Gasteiger partial charge in [0.25, 0.3) is 0 Å². The van der Waals surface area contributed by atoms with Gasteiger partial charge in [0.2, 0.25) is 5.91 Å². The second-order valence-electron chi connectivity index (χ2n) is 3.58. The number of hydrogen-bond acceptors (Lipinski definition) is 2. The van der Waals surface area contributed by atoms with Gasteiger partial charge >= 0.3 is 0 Å². The smallest absolute Gasteiger partial charge is 0.244 e. The molecule has 0 saturated carbocycles. The molecule has 0 aromatic heterocycles. The summed E-state index contributed by atoms with van der Waals surface area (Å²) in [6, 6.07) is 0. The molecular formula is C10H20N2O. The van der Waals surface area contributed by atoms with E-state index in [0.29, 0.717) is 5.57 Å². The van der Waals surface area contributed by atoms with E-state index in [1.165, 1.54) is 6.42 Å². The number of primary amides is 1. The van der Waals surface area contributed by atoms with Gasteiger partial charge in [0, 0.05) is 5.57 Å². The average molecular weight is 184 g/mol. The molecule has 76 valence electrons. The number of amides is 1. The Morgan fingerprint density at radius 3 is 2.38 bits per heavy atom. The van der Waals surface area contributed by atoms with Crippen molar-refractivity contribution in [3.05, 3.63) is 12.2 Å². The van der Waals surface area contributed by atoms with Crippen molar-refractivity contribution in [3.8, 4) is 0 Å². The normalized spacial score (nSPS) is 10.4. The highest BCUT2D eigenvalue weighted by molar-refractivity contribution is 5.91. The van der Waals surface area contributed by atoms with Crippen LogP contribution in [0.1, 0.15) is 25.7 Å². The van der Waals surface area contributed by atoms with Crippen molar-refractivity contribution in [2.75, 3.05) is 20.6 Å². The third-order valence-electron chi connectivity index (χ3n) is 1.93. The fraction of sp³-hybridized carbons (Fsp3) is 0.700. The molecule has 0 bridgehead atoms. The Bertz CT molecular complexity index is 176. The van der Waals surface area contributed by atoms with Gasteiger partial charge in [-0.3, -0.25) is 4.79 Å². The first-order valence-electron chi connectivity index (χ1n) is 4.66. The summed E-state index contributed by atoms with van der Waals surface area (Å²) in [6.45, 7) is 4.70. The zero-order valence-electron chi connectivity index (χ0n) is 8.68. The number of carbonyl (C=O) groups is 1. The fourth-order valence-electron chi connectivity index (χ4n) is 1.07. The van der Waals surface area contributed by atoms with E-state index in [4.69, 9.17) is 5.73 Å². The van der Waals surface area contributed by atoms with Gasteiger partial charge in [-0.15, -0.1) is 0 Å². The van der Waals surface area contributed by atoms with Crippen molar-refractivity contribution in [1.29, 1.82) is 0 Å². The van der Waals surface area contributed by atoms with Crippen LogP contribution in [-0.2, 0) is 4.79 Å². The number of hydrogen-bond donors (Lipinski definition) is 1. The van der Waals surface area contributed by atoms with Crippen LogP contribution in [0.4, 0.5) is 0 Å². The topological polar surface area (TPSA) is 46.3 Å². The number of nitrogens with two attached hydrogens (primary N) is 1. The van der Waals surface area contributed by atoms with Gasteiger partial charge in [-0.2, -0.15) is 0 Å². The van der Waals surface area contributed by atoms with Crippen LogP contribution in [0.2, 0.25) is 0 Å². The van der Waals surface area contributed by atoms with Crippen LogP contribution in [0, 0.1) is 0 Å². The van der Waals surface area contributed by atoms with E-state index < -0.39 is 0 Å². The molecule has 0 aromatic rings. The van der Waals surface area contributed by atoms with Crippen molar-refractivity contribution in [3.63, 3.8) is 0 Å². The predicted octanol–water partition coefficient (Wildman–Crippen LogP) is 1.15. The van der Waals surface area contributed by atoms with Crippen molar-refractivity contribution < 1.29 is 4.79 Å². The molecule has 0 aliphatic heterocycles. The SMILES string of the molecule is C=C(CCCCCN(C)C)C(N)=O. The Labute approximate surface area is 80.6 Å². The van der Waals surface area contributed by atoms with Crippen molar-refractivity contribution in [2.45, 2.75) is 25.7 Å². The maximum atomic E-state index is 10.6. The summed E-state index contributed by atoms with van der Waals surface area (Å²) in [5, 5.41) is 0. The van der Waals surface area contributed by atoms with Gasteiger partial charge in [-0.05, 0) is 39.9 Å². The lowest BCUT2D eigenvalue weighted by Gasteiger charge is -2.08. The lowest BCUT2D eigenvalue weighted by molar-refractivity contribution is -0.114. The van der Waals surface area contributed by atoms with E-state index >= 15 is 0 Å². The minimum atomic E-state index is -0.368. The molecule has 0 aliphatic carbocycles. The molecule has 0 spiro atoms. The Morgan fingerprint density at radius 2 is 1.92 bits per heavy atom. The fourth-order valence-corrected chi connectivity index (χ4v) is 1.07. The van der Waals surface area contributed by atoms with Crippen LogP contribution in [0.3, 0.4) is 0 Å². The number of unbranched alkanes of at least 4 members (excludes halogenated alkanes) is 2. The molecule has 0 rings (SSSR count). The van der Waals surface area contributed by atoms with E-state index in [1.807, 2.05) is 0 Å². The third kappa shape index (κ3) is 7.53. The molecule has 0 aromatic carbocycles. The zero-order chi connectivity index (χ0) is 10.3. The second-order valence-corrected chi connectivity index (χ2v) is 3.58. The maximum absolute atomic E-state index is 10.6.